The average molecular weight is 245 g/mol. The van der Waals surface area contributed by atoms with Gasteiger partial charge in [-0.3, -0.25) is 0 Å². The van der Waals surface area contributed by atoms with E-state index in [1.54, 1.807) is 6.20 Å². The van der Waals surface area contributed by atoms with Crippen molar-refractivity contribution in [1.82, 2.24) is 9.97 Å². The van der Waals surface area contributed by atoms with Gasteiger partial charge in [-0.25, -0.2) is 4.98 Å². The quantitative estimate of drug-likeness (QED) is 0.604. The summed E-state index contributed by atoms with van der Waals surface area (Å²) in [6.07, 6.45) is 9.88. The third kappa shape index (κ3) is 4.46. The SMILES string of the molecule is CCCCCC(Br)Cc1ncc[nH]1. The van der Waals surface area contributed by atoms with Crippen molar-refractivity contribution >= 4 is 15.9 Å². The number of nitrogens with one attached hydrogen (secondary N) is 1. The molecule has 0 saturated carbocycles. The monoisotopic (exact) mass is 244 g/mol. The van der Waals surface area contributed by atoms with Crippen molar-refractivity contribution in [2.45, 2.75) is 43.9 Å². The molecule has 74 valence electrons. The summed E-state index contributed by atoms with van der Waals surface area (Å²) in [6, 6.07) is 0. The van der Waals surface area contributed by atoms with Crippen LogP contribution < -0.4 is 0 Å². The molecule has 1 atom stereocenters. The Labute approximate surface area is 88.3 Å². The second kappa shape index (κ2) is 6.19. The number of aromatic nitrogens is 2. The zero-order valence-corrected chi connectivity index (χ0v) is 9.68. The summed E-state index contributed by atoms with van der Waals surface area (Å²) in [7, 11) is 0. The van der Waals surface area contributed by atoms with E-state index in [-0.39, 0.29) is 0 Å². The van der Waals surface area contributed by atoms with E-state index in [1.807, 2.05) is 6.20 Å². The number of halogens is 1. The Morgan fingerprint density at radius 1 is 1.54 bits per heavy atom. The van der Waals surface area contributed by atoms with Crippen LogP contribution in [-0.4, -0.2) is 14.8 Å². The Morgan fingerprint density at radius 3 is 3.00 bits per heavy atom. The second-order valence-electron chi connectivity index (χ2n) is 3.33. The molecule has 1 aromatic heterocycles. The van der Waals surface area contributed by atoms with Gasteiger partial charge in [-0.2, -0.15) is 0 Å². The number of rotatable bonds is 6. The Bertz CT molecular complexity index is 209. The van der Waals surface area contributed by atoms with E-state index >= 15 is 0 Å². The van der Waals surface area contributed by atoms with Crippen molar-refractivity contribution in [3.8, 4) is 0 Å². The van der Waals surface area contributed by atoms with Crippen LogP contribution in [0.3, 0.4) is 0 Å². The number of hydrogen-bond donors (Lipinski definition) is 1. The molecule has 0 fully saturated rings. The zero-order chi connectivity index (χ0) is 9.52. The summed E-state index contributed by atoms with van der Waals surface area (Å²) in [5.74, 6) is 1.08. The third-order valence-electron chi connectivity index (χ3n) is 2.09. The minimum absolute atomic E-state index is 0.574. The summed E-state index contributed by atoms with van der Waals surface area (Å²) in [5.41, 5.74) is 0. The fourth-order valence-electron chi connectivity index (χ4n) is 1.34. The molecule has 1 aromatic rings. The van der Waals surface area contributed by atoms with Gasteiger partial charge in [0.1, 0.15) is 5.82 Å². The molecule has 3 heteroatoms. The molecule has 1 heterocycles. The number of hydrogen-bond acceptors (Lipinski definition) is 1. The molecule has 1 unspecified atom stereocenters. The first-order chi connectivity index (χ1) is 6.33. The first-order valence-corrected chi connectivity index (χ1v) is 5.86. The van der Waals surface area contributed by atoms with Crippen LogP contribution in [0, 0.1) is 0 Å². The Morgan fingerprint density at radius 2 is 2.38 bits per heavy atom. The lowest BCUT2D eigenvalue weighted by Gasteiger charge is -2.06. The minimum atomic E-state index is 0.574. The van der Waals surface area contributed by atoms with Gasteiger partial charge in [0.2, 0.25) is 0 Å². The molecule has 0 saturated heterocycles. The Kier molecular flexibility index (Phi) is 5.13. The highest BCUT2D eigenvalue weighted by molar-refractivity contribution is 9.09. The number of alkyl halides is 1. The zero-order valence-electron chi connectivity index (χ0n) is 8.09. The lowest BCUT2D eigenvalue weighted by Crippen LogP contribution is -2.03. The molecule has 0 aliphatic rings. The van der Waals surface area contributed by atoms with E-state index in [2.05, 4.69) is 32.8 Å². The Hall–Kier alpha value is -0.310. The van der Waals surface area contributed by atoms with Crippen LogP contribution in [0.25, 0.3) is 0 Å². The van der Waals surface area contributed by atoms with Crippen molar-refractivity contribution in [2.24, 2.45) is 0 Å². The van der Waals surface area contributed by atoms with Gasteiger partial charge in [-0.15, -0.1) is 0 Å². The maximum absolute atomic E-state index is 4.20. The molecule has 0 aromatic carbocycles. The van der Waals surface area contributed by atoms with Gasteiger partial charge in [0.15, 0.2) is 0 Å². The smallest absolute Gasteiger partial charge is 0.107 e. The van der Waals surface area contributed by atoms with Crippen LogP contribution in [0.2, 0.25) is 0 Å². The number of aromatic amines is 1. The van der Waals surface area contributed by atoms with Gasteiger partial charge in [0.05, 0.1) is 0 Å². The lowest BCUT2D eigenvalue weighted by molar-refractivity contribution is 0.641. The molecule has 0 radical (unpaired) electrons. The molecule has 13 heavy (non-hydrogen) atoms. The normalized spacial score (nSPS) is 13.1. The standard InChI is InChI=1S/C10H17BrN2/c1-2-3-4-5-9(11)8-10-12-6-7-13-10/h6-7,9H,2-5,8H2,1H3,(H,12,13). The van der Waals surface area contributed by atoms with Gasteiger partial charge < -0.3 is 4.98 Å². The maximum Gasteiger partial charge on any atom is 0.107 e. The molecule has 0 aliphatic heterocycles. The van der Waals surface area contributed by atoms with Crippen LogP contribution in [0.5, 0.6) is 0 Å². The molecule has 0 bridgehead atoms. The van der Waals surface area contributed by atoms with Crippen LogP contribution in [0.4, 0.5) is 0 Å². The number of imidazole rings is 1. The minimum Gasteiger partial charge on any atom is -0.349 e. The Balaban J connectivity index is 2.14. The highest BCUT2D eigenvalue weighted by atomic mass is 79.9. The fraction of sp³-hybridized carbons (Fsp3) is 0.700. The second-order valence-corrected chi connectivity index (χ2v) is 4.63. The largest absolute Gasteiger partial charge is 0.349 e. The molecular weight excluding hydrogens is 228 g/mol. The summed E-state index contributed by atoms with van der Waals surface area (Å²) in [6.45, 7) is 2.23. The van der Waals surface area contributed by atoms with Gasteiger partial charge >= 0.3 is 0 Å². The predicted octanol–water partition coefficient (Wildman–Crippen LogP) is 3.30. The van der Waals surface area contributed by atoms with E-state index in [0.717, 1.165) is 12.2 Å². The number of nitrogens with zero attached hydrogens (tertiary/aromatic N) is 1. The number of H-pyrrole nitrogens is 1. The van der Waals surface area contributed by atoms with Crippen LogP contribution in [0.1, 0.15) is 38.4 Å². The van der Waals surface area contributed by atoms with Crippen molar-refractivity contribution in [2.75, 3.05) is 0 Å². The first kappa shape index (κ1) is 10.8. The fourth-order valence-corrected chi connectivity index (χ4v) is 1.97. The van der Waals surface area contributed by atoms with E-state index in [4.69, 9.17) is 0 Å². The average Bonchev–Trinajstić information content (AvgIpc) is 2.57. The molecule has 2 nitrogen and oxygen atoms in total. The van der Waals surface area contributed by atoms with Crippen LogP contribution in [-0.2, 0) is 6.42 Å². The van der Waals surface area contributed by atoms with E-state index < -0.39 is 0 Å². The van der Waals surface area contributed by atoms with Crippen molar-refractivity contribution in [1.29, 1.82) is 0 Å². The molecule has 0 aliphatic carbocycles. The van der Waals surface area contributed by atoms with Gasteiger partial charge in [-0.1, -0.05) is 42.1 Å². The van der Waals surface area contributed by atoms with E-state index in [1.165, 1.54) is 25.7 Å². The topological polar surface area (TPSA) is 28.7 Å². The first-order valence-electron chi connectivity index (χ1n) is 4.95. The summed E-state index contributed by atoms with van der Waals surface area (Å²) < 4.78 is 0. The van der Waals surface area contributed by atoms with Crippen LogP contribution in [0.15, 0.2) is 12.4 Å². The molecule has 0 spiro atoms. The molecule has 0 amide bonds. The predicted molar refractivity (Wildman–Crippen MR) is 59.1 cm³/mol. The number of unbranched alkanes of at least 4 members (excludes halogenated alkanes) is 2. The summed E-state index contributed by atoms with van der Waals surface area (Å²) in [4.78, 5) is 7.89. The summed E-state index contributed by atoms with van der Waals surface area (Å²) in [5, 5.41) is 0. The third-order valence-corrected chi connectivity index (χ3v) is 2.87. The van der Waals surface area contributed by atoms with Crippen LogP contribution >= 0.6 is 15.9 Å². The lowest BCUT2D eigenvalue weighted by atomic mass is 10.1. The van der Waals surface area contributed by atoms with E-state index in [9.17, 15) is 0 Å². The maximum atomic E-state index is 4.20. The van der Waals surface area contributed by atoms with Crippen molar-refractivity contribution in [3.05, 3.63) is 18.2 Å². The van der Waals surface area contributed by atoms with E-state index in [0.29, 0.717) is 4.83 Å². The van der Waals surface area contributed by atoms with Crippen molar-refractivity contribution in [3.63, 3.8) is 0 Å². The molecular formula is C10H17BrN2. The molecule has 1 N–H and O–H groups in total. The van der Waals surface area contributed by atoms with Gasteiger partial charge in [0.25, 0.3) is 0 Å². The highest BCUT2D eigenvalue weighted by Gasteiger charge is 2.05. The molecule has 1 rings (SSSR count). The summed E-state index contributed by atoms with van der Waals surface area (Å²) >= 11 is 3.67. The van der Waals surface area contributed by atoms with Crippen molar-refractivity contribution < 1.29 is 0 Å². The highest BCUT2D eigenvalue weighted by Crippen LogP contribution is 2.14. The van der Waals surface area contributed by atoms with Gasteiger partial charge in [0, 0.05) is 23.6 Å². The van der Waals surface area contributed by atoms with Gasteiger partial charge in [-0.05, 0) is 6.42 Å².